The van der Waals surface area contributed by atoms with E-state index in [9.17, 15) is 9.90 Å². The van der Waals surface area contributed by atoms with E-state index in [1.165, 1.54) is 31.3 Å². The van der Waals surface area contributed by atoms with E-state index in [2.05, 4.69) is 34.6 Å². The number of alkyl carbamates (subject to hydrolysis) is 1. The third-order valence-corrected chi connectivity index (χ3v) is 9.57. The smallest absolute Gasteiger partial charge is 0.407 e. The van der Waals surface area contributed by atoms with Crippen molar-refractivity contribution in [1.82, 2.24) is 20.6 Å². The Hall–Kier alpha value is -2.27. The fraction of sp³-hybridized carbons (Fsp3) is 0.806. The summed E-state index contributed by atoms with van der Waals surface area (Å²) in [4.78, 5) is 24.4. The van der Waals surface area contributed by atoms with Crippen molar-refractivity contribution in [1.29, 1.82) is 0 Å². The molecule has 10 nitrogen and oxygen atoms in total. The van der Waals surface area contributed by atoms with Crippen LogP contribution in [-0.4, -0.2) is 84.6 Å². The first-order chi connectivity index (χ1) is 22.2. The number of carbonyl (C=O) groups excluding carboxylic acids is 1. The molecular formula is C36H61N5O5. The Morgan fingerprint density at radius 2 is 1.85 bits per heavy atom. The van der Waals surface area contributed by atoms with E-state index in [-0.39, 0.29) is 18.2 Å². The highest BCUT2D eigenvalue weighted by Gasteiger charge is 2.45. The third kappa shape index (κ3) is 11.5. The normalized spacial score (nSPS) is 25.3. The van der Waals surface area contributed by atoms with Crippen LogP contribution in [0.4, 0.5) is 10.6 Å². The number of aryl methyl sites for hydroxylation is 2. The van der Waals surface area contributed by atoms with Crippen LogP contribution in [0.15, 0.2) is 17.7 Å². The second-order valence-corrected chi connectivity index (χ2v) is 14.3. The maximum absolute atomic E-state index is 12.1. The van der Waals surface area contributed by atoms with Crippen LogP contribution in [0.25, 0.3) is 0 Å². The van der Waals surface area contributed by atoms with Gasteiger partial charge in [-0.15, -0.1) is 0 Å². The number of anilines is 1. The highest BCUT2D eigenvalue weighted by Crippen LogP contribution is 2.42. The van der Waals surface area contributed by atoms with Crippen molar-refractivity contribution in [2.45, 2.75) is 148 Å². The summed E-state index contributed by atoms with van der Waals surface area (Å²) in [6.45, 7) is 10.3. The summed E-state index contributed by atoms with van der Waals surface area (Å²) in [6.07, 6.45) is 15.9. The zero-order valence-electron chi connectivity index (χ0n) is 29.2. The van der Waals surface area contributed by atoms with Crippen molar-refractivity contribution in [3.63, 3.8) is 0 Å². The molecule has 2 saturated carbocycles. The van der Waals surface area contributed by atoms with Gasteiger partial charge in [-0.3, -0.25) is 5.32 Å². The first-order valence-electron chi connectivity index (χ1n) is 18.0. The molecule has 4 rings (SSSR count). The molecule has 1 amide bonds. The van der Waals surface area contributed by atoms with Gasteiger partial charge in [-0.05, 0) is 104 Å². The molecule has 46 heavy (non-hydrogen) atoms. The zero-order valence-corrected chi connectivity index (χ0v) is 29.2. The minimum Gasteiger partial charge on any atom is -0.444 e. The minimum absolute atomic E-state index is 0.0396. The van der Waals surface area contributed by atoms with Crippen LogP contribution in [0.1, 0.15) is 116 Å². The highest BCUT2D eigenvalue weighted by atomic mass is 16.6. The van der Waals surface area contributed by atoms with E-state index in [4.69, 9.17) is 24.2 Å². The summed E-state index contributed by atoms with van der Waals surface area (Å²) >= 11 is 0. The van der Waals surface area contributed by atoms with E-state index in [1.54, 1.807) is 0 Å². The minimum atomic E-state index is -0.569. The number of fused-ring (bicyclic) bond motifs is 1. The Morgan fingerprint density at radius 3 is 2.61 bits per heavy atom. The summed E-state index contributed by atoms with van der Waals surface area (Å²) in [5, 5.41) is 16.9. The number of nitrogens with zero attached hydrogens (tertiary/aromatic N) is 3. The van der Waals surface area contributed by atoms with Gasteiger partial charge in [-0.2, -0.15) is 0 Å². The average molecular weight is 644 g/mol. The second-order valence-electron chi connectivity index (χ2n) is 14.3. The number of aliphatic hydroxyl groups is 1. The Labute approximate surface area is 277 Å². The average Bonchev–Trinajstić information content (AvgIpc) is 3.28. The quantitative estimate of drug-likeness (QED) is 0.0936. The van der Waals surface area contributed by atoms with Crippen molar-refractivity contribution in [2.24, 2.45) is 5.92 Å². The summed E-state index contributed by atoms with van der Waals surface area (Å²) in [5.41, 5.74) is 2.05. The molecule has 1 aliphatic heterocycles. The molecule has 3 N–H and O–H groups in total. The van der Waals surface area contributed by atoms with Crippen LogP contribution in [0.3, 0.4) is 0 Å². The molecule has 1 aromatic heterocycles. The molecule has 260 valence electrons. The van der Waals surface area contributed by atoms with Crippen molar-refractivity contribution < 1.29 is 24.1 Å². The molecule has 1 saturated heterocycles. The van der Waals surface area contributed by atoms with Gasteiger partial charge in [-0.25, -0.2) is 14.8 Å². The predicted molar refractivity (Wildman–Crippen MR) is 182 cm³/mol. The lowest BCUT2D eigenvalue weighted by Crippen LogP contribution is -2.49. The number of hydrogen-bond donors (Lipinski definition) is 3. The number of rotatable bonds is 15. The fourth-order valence-corrected chi connectivity index (χ4v) is 7.30. The maximum Gasteiger partial charge on any atom is 0.407 e. The van der Waals surface area contributed by atoms with E-state index in [1.807, 2.05) is 27.8 Å². The van der Waals surface area contributed by atoms with Crippen molar-refractivity contribution in [3.8, 4) is 0 Å². The first-order valence-corrected chi connectivity index (χ1v) is 18.0. The molecule has 0 aromatic carbocycles. The number of aromatic nitrogens is 2. The van der Waals surface area contributed by atoms with Crippen LogP contribution in [0, 0.1) is 5.92 Å². The molecule has 5 atom stereocenters. The molecule has 0 radical (unpaired) electrons. The van der Waals surface area contributed by atoms with Crippen molar-refractivity contribution >= 4 is 11.9 Å². The van der Waals surface area contributed by atoms with Crippen LogP contribution in [0.2, 0.25) is 0 Å². The standard InChI is InChI=1S/C36H61N5O5/c1-6-28-25-33(41-30-16-8-7-14-27(30)24-31(41)34(42)37-5)40-32(38-28)17-11-21-45-23-22-44-20-10-13-26-12-9-15-29(19-18-26)39-35(43)46-36(2,3)4/h13,25,27,29-31,34,37,42H,6-12,14-24H2,1-5H3,(H,39,43)/t27-,29?,30-,31-,34?/m0/s1. The number of hydrogen-bond acceptors (Lipinski definition) is 9. The van der Waals surface area contributed by atoms with Crippen LogP contribution < -0.4 is 15.5 Å². The summed E-state index contributed by atoms with van der Waals surface area (Å²) in [7, 11) is 1.83. The van der Waals surface area contributed by atoms with Gasteiger partial charge >= 0.3 is 6.09 Å². The van der Waals surface area contributed by atoms with Gasteiger partial charge in [0.1, 0.15) is 23.5 Å². The van der Waals surface area contributed by atoms with Crippen molar-refractivity contribution in [3.05, 3.63) is 29.2 Å². The lowest BCUT2D eigenvalue weighted by atomic mass is 9.84. The summed E-state index contributed by atoms with van der Waals surface area (Å²) < 4.78 is 17.1. The lowest BCUT2D eigenvalue weighted by molar-refractivity contribution is 0.0485. The van der Waals surface area contributed by atoms with Gasteiger partial charge in [0.2, 0.25) is 0 Å². The molecule has 0 bridgehead atoms. The Morgan fingerprint density at radius 1 is 1.07 bits per heavy atom. The van der Waals surface area contributed by atoms with Gasteiger partial charge in [0.05, 0.1) is 25.9 Å². The Kier molecular flexibility index (Phi) is 14.6. The van der Waals surface area contributed by atoms with E-state index in [0.717, 1.165) is 81.5 Å². The highest BCUT2D eigenvalue weighted by molar-refractivity contribution is 5.68. The molecular weight excluding hydrogens is 582 g/mol. The number of carbonyl (C=O) groups is 1. The molecule has 3 aliphatic rings. The molecule has 3 fully saturated rings. The van der Waals surface area contributed by atoms with E-state index in [0.29, 0.717) is 38.4 Å². The van der Waals surface area contributed by atoms with E-state index >= 15 is 0 Å². The van der Waals surface area contributed by atoms with Gasteiger partial charge in [0.25, 0.3) is 0 Å². The van der Waals surface area contributed by atoms with Gasteiger partial charge < -0.3 is 29.5 Å². The van der Waals surface area contributed by atoms with Gasteiger partial charge in [0.15, 0.2) is 0 Å². The zero-order chi connectivity index (χ0) is 32.9. The number of allylic oxidation sites excluding steroid dienone is 1. The van der Waals surface area contributed by atoms with Crippen LogP contribution in [0.5, 0.6) is 0 Å². The SMILES string of the molecule is CCc1cc(N2[C@H](C(O)NC)C[C@@H]3CCCC[C@@H]32)nc(CCCOCCOCCC=C2CCCC(NC(=O)OC(C)(C)C)CC2)n1. The van der Waals surface area contributed by atoms with Crippen LogP contribution >= 0.6 is 0 Å². The number of ether oxygens (including phenoxy) is 3. The molecule has 2 heterocycles. The fourth-order valence-electron chi connectivity index (χ4n) is 7.30. The molecule has 10 heteroatoms. The molecule has 0 spiro atoms. The Bertz CT molecular complexity index is 1110. The summed E-state index contributed by atoms with van der Waals surface area (Å²) in [5.74, 6) is 2.46. The van der Waals surface area contributed by atoms with Crippen LogP contribution in [-0.2, 0) is 27.1 Å². The number of amides is 1. The maximum atomic E-state index is 12.1. The van der Waals surface area contributed by atoms with Gasteiger partial charge in [-0.1, -0.05) is 31.4 Å². The lowest BCUT2D eigenvalue weighted by Gasteiger charge is -2.36. The largest absolute Gasteiger partial charge is 0.444 e. The number of nitrogens with one attached hydrogen (secondary N) is 2. The van der Waals surface area contributed by atoms with Gasteiger partial charge in [0, 0.05) is 36.9 Å². The molecule has 2 unspecified atom stereocenters. The molecule has 1 aromatic rings. The second kappa shape index (κ2) is 18.3. The predicted octanol–water partition coefficient (Wildman–Crippen LogP) is 5.85. The topological polar surface area (TPSA) is 118 Å². The third-order valence-electron chi connectivity index (χ3n) is 9.57. The molecule has 2 aliphatic carbocycles. The van der Waals surface area contributed by atoms with Crippen molar-refractivity contribution in [2.75, 3.05) is 38.4 Å². The summed E-state index contributed by atoms with van der Waals surface area (Å²) in [6, 6.07) is 2.80. The number of likely N-dealkylation sites (N-methyl/N-ethyl adjacent to an activating group) is 1. The first kappa shape index (κ1) is 36.6. The Balaban J connectivity index is 1.12. The number of aliphatic hydroxyl groups excluding tert-OH is 1. The van der Waals surface area contributed by atoms with E-state index < -0.39 is 11.8 Å². The monoisotopic (exact) mass is 643 g/mol.